The van der Waals surface area contributed by atoms with Crippen LogP contribution >= 0.6 is 11.3 Å². The van der Waals surface area contributed by atoms with Gasteiger partial charge in [-0.25, -0.2) is 0 Å². The average molecular weight is 289 g/mol. The first-order chi connectivity index (χ1) is 9.61. The Morgan fingerprint density at radius 1 is 1.30 bits per heavy atom. The Labute approximate surface area is 123 Å². The van der Waals surface area contributed by atoms with Crippen LogP contribution in [0, 0.1) is 0 Å². The lowest BCUT2D eigenvalue weighted by atomic mass is 10.0. The van der Waals surface area contributed by atoms with Crippen LogP contribution < -0.4 is 11.1 Å². The van der Waals surface area contributed by atoms with E-state index in [2.05, 4.69) is 42.6 Å². The predicted molar refractivity (Wildman–Crippen MR) is 82.6 cm³/mol. The number of primary amides is 1. The number of benzene rings is 1. The van der Waals surface area contributed by atoms with Crippen molar-refractivity contribution in [1.29, 1.82) is 0 Å². The minimum Gasteiger partial charge on any atom is -0.365 e. The van der Waals surface area contributed by atoms with Gasteiger partial charge in [-0.3, -0.25) is 4.79 Å². The van der Waals surface area contributed by atoms with Crippen LogP contribution in [0.15, 0.2) is 41.8 Å². The number of amides is 1. The van der Waals surface area contributed by atoms with Gasteiger partial charge in [0.2, 0.25) is 0 Å². The van der Waals surface area contributed by atoms with Crippen molar-refractivity contribution in [3.63, 3.8) is 0 Å². The van der Waals surface area contributed by atoms with Crippen LogP contribution in [0.2, 0.25) is 0 Å². The highest BCUT2D eigenvalue weighted by Gasteiger charge is 2.23. The summed E-state index contributed by atoms with van der Waals surface area (Å²) < 4.78 is 0. The zero-order chi connectivity index (χ0) is 14.5. The minimum absolute atomic E-state index is 0.128. The monoisotopic (exact) mass is 289 g/mol. The van der Waals surface area contributed by atoms with E-state index in [1.807, 2.05) is 18.3 Å². The molecule has 0 aliphatic rings. The number of carbonyl (C=O) groups is 1. The molecule has 1 aromatic heterocycles. The van der Waals surface area contributed by atoms with E-state index in [-0.39, 0.29) is 18.0 Å². The average Bonchev–Trinajstić information content (AvgIpc) is 2.98. The SMILES string of the molecule is CCc1ccc([C@H]([NH2+][C@@H](C)C(N)=O)c2cccs2)cc1. The van der Waals surface area contributed by atoms with Crippen molar-refractivity contribution in [2.75, 3.05) is 0 Å². The Morgan fingerprint density at radius 2 is 2.00 bits per heavy atom. The van der Waals surface area contributed by atoms with E-state index >= 15 is 0 Å². The molecule has 20 heavy (non-hydrogen) atoms. The quantitative estimate of drug-likeness (QED) is 0.837. The van der Waals surface area contributed by atoms with Crippen molar-refractivity contribution in [3.05, 3.63) is 57.8 Å². The fourth-order valence-electron chi connectivity index (χ4n) is 2.18. The molecular formula is C16H21N2OS+. The zero-order valence-electron chi connectivity index (χ0n) is 11.9. The summed E-state index contributed by atoms with van der Waals surface area (Å²) in [6.07, 6.45) is 1.03. The highest BCUT2D eigenvalue weighted by molar-refractivity contribution is 7.10. The van der Waals surface area contributed by atoms with Gasteiger partial charge in [-0.1, -0.05) is 37.3 Å². The normalized spacial score (nSPS) is 13.9. The molecule has 2 rings (SSSR count). The summed E-state index contributed by atoms with van der Waals surface area (Å²) in [5, 5.41) is 4.10. The topological polar surface area (TPSA) is 59.7 Å². The largest absolute Gasteiger partial charge is 0.365 e. The molecule has 0 fully saturated rings. The molecule has 0 spiro atoms. The van der Waals surface area contributed by atoms with E-state index in [4.69, 9.17) is 5.73 Å². The lowest BCUT2D eigenvalue weighted by molar-refractivity contribution is -0.704. The maximum Gasteiger partial charge on any atom is 0.275 e. The van der Waals surface area contributed by atoms with E-state index in [9.17, 15) is 4.79 Å². The number of hydrogen-bond donors (Lipinski definition) is 2. The first-order valence-electron chi connectivity index (χ1n) is 6.88. The molecule has 2 atom stereocenters. The van der Waals surface area contributed by atoms with E-state index in [1.165, 1.54) is 16.0 Å². The zero-order valence-corrected chi connectivity index (χ0v) is 12.7. The van der Waals surface area contributed by atoms with Crippen molar-refractivity contribution >= 4 is 17.2 Å². The number of carbonyl (C=O) groups excluding carboxylic acids is 1. The third kappa shape index (κ3) is 3.46. The molecule has 0 bridgehead atoms. The number of rotatable bonds is 6. The van der Waals surface area contributed by atoms with Crippen molar-refractivity contribution in [2.45, 2.75) is 32.4 Å². The van der Waals surface area contributed by atoms with Crippen molar-refractivity contribution in [3.8, 4) is 0 Å². The number of nitrogens with two attached hydrogens (primary N) is 2. The Hall–Kier alpha value is -1.65. The summed E-state index contributed by atoms with van der Waals surface area (Å²) in [4.78, 5) is 12.6. The van der Waals surface area contributed by atoms with Gasteiger partial charge in [0, 0.05) is 5.56 Å². The lowest BCUT2D eigenvalue weighted by Gasteiger charge is -2.18. The second-order valence-corrected chi connectivity index (χ2v) is 5.95. The lowest BCUT2D eigenvalue weighted by Crippen LogP contribution is -2.92. The summed E-state index contributed by atoms with van der Waals surface area (Å²) in [6.45, 7) is 4.00. The molecule has 0 radical (unpaired) electrons. The predicted octanol–water partition coefficient (Wildman–Crippen LogP) is 1.84. The van der Waals surface area contributed by atoms with Gasteiger partial charge in [-0.2, -0.15) is 0 Å². The van der Waals surface area contributed by atoms with Gasteiger partial charge in [0.1, 0.15) is 6.04 Å². The maximum absolute atomic E-state index is 11.3. The van der Waals surface area contributed by atoms with E-state index in [1.54, 1.807) is 11.3 Å². The Balaban J connectivity index is 2.28. The van der Waals surface area contributed by atoms with Gasteiger partial charge in [0.25, 0.3) is 5.91 Å². The number of hydrogen-bond acceptors (Lipinski definition) is 2. The van der Waals surface area contributed by atoms with Crippen LogP contribution in [0.25, 0.3) is 0 Å². The Morgan fingerprint density at radius 3 is 2.50 bits per heavy atom. The molecule has 0 saturated carbocycles. The van der Waals surface area contributed by atoms with Gasteiger partial charge in [-0.15, -0.1) is 11.3 Å². The summed E-state index contributed by atoms with van der Waals surface area (Å²) in [6, 6.07) is 12.6. The molecule has 2 aromatic rings. The molecule has 1 amide bonds. The number of quaternary nitrogens is 1. The highest BCUT2D eigenvalue weighted by atomic mass is 32.1. The van der Waals surface area contributed by atoms with Crippen LogP contribution in [0.4, 0.5) is 0 Å². The first kappa shape index (κ1) is 14.8. The Kier molecular flexibility index (Phi) is 4.93. The maximum atomic E-state index is 11.3. The molecule has 4 heteroatoms. The second-order valence-electron chi connectivity index (χ2n) is 4.97. The fourth-order valence-corrected chi connectivity index (χ4v) is 3.02. The standard InChI is InChI=1S/C16H20N2OS/c1-3-12-6-8-13(9-7-12)15(14-5-4-10-20-14)18-11(2)16(17)19/h4-11,15,18H,3H2,1-2H3,(H2,17,19)/p+1/t11-,15-/m0/s1. The van der Waals surface area contributed by atoms with Crippen LogP contribution in [0.5, 0.6) is 0 Å². The van der Waals surface area contributed by atoms with Gasteiger partial charge in [0.05, 0.1) is 4.88 Å². The Bertz CT molecular complexity index is 548. The van der Waals surface area contributed by atoms with Crippen LogP contribution in [0.3, 0.4) is 0 Å². The summed E-state index contributed by atoms with van der Waals surface area (Å²) in [7, 11) is 0. The third-order valence-electron chi connectivity index (χ3n) is 3.53. The van der Waals surface area contributed by atoms with Crippen molar-refractivity contribution < 1.29 is 10.1 Å². The highest BCUT2D eigenvalue weighted by Crippen LogP contribution is 2.23. The van der Waals surface area contributed by atoms with Crippen molar-refractivity contribution in [2.24, 2.45) is 5.73 Å². The first-order valence-corrected chi connectivity index (χ1v) is 7.76. The van der Waals surface area contributed by atoms with Crippen LogP contribution in [0.1, 0.15) is 35.9 Å². The minimum atomic E-state index is -0.281. The second kappa shape index (κ2) is 6.68. The summed E-state index contributed by atoms with van der Waals surface area (Å²) in [5.41, 5.74) is 7.92. The third-order valence-corrected chi connectivity index (χ3v) is 4.48. The fraction of sp³-hybridized carbons (Fsp3) is 0.312. The number of thiophene rings is 1. The van der Waals surface area contributed by atoms with E-state index in [0.29, 0.717) is 0 Å². The molecule has 1 heterocycles. The molecule has 3 nitrogen and oxygen atoms in total. The van der Waals surface area contributed by atoms with Gasteiger partial charge in [-0.05, 0) is 30.4 Å². The molecule has 0 unspecified atom stereocenters. The van der Waals surface area contributed by atoms with Crippen molar-refractivity contribution in [1.82, 2.24) is 0 Å². The van der Waals surface area contributed by atoms with Crippen LogP contribution in [-0.4, -0.2) is 11.9 Å². The van der Waals surface area contributed by atoms with E-state index < -0.39 is 0 Å². The molecular weight excluding hydrogens is 268 g/mol. The summed E-state index contributed by atoms with van der Waals surface area (Å²) in [5.74, 6) is -0.281. The van der Waals surface area contributed by atoms with E-state index in [0.717, 1.165) is 6.42 Å². The molecule has 1 aromatic carbocycles. The molecule has 0 aliphatic carbocycles. The smallest absolute Gasteiger partial charge is 0.275 e. The molecule has 106 valence electrons. The van der Waals surface area contributed by atoms with Gasteiger partial charge < -0.3 is 11.1 Å². The summed E-state index contributed by atoms with van der Waals surface area (Å²) >= 11 is 1.71. The number of aryl methyl sites for hydroxylation is 1. The molecule has 0 saturated heterocycles. The van der Waals surface area contributed by atoms with Gasteiger partial charge >= 0.3 is 0 Å². The molecule has 0 aliphatic heterocycles. The molecule has 4 N–H and O–H groups in total. The van der Waals surface area contributed by atoms with Crippen LogP contribution in [-0.2, 0) is 11.2 Å². The van der Waals surface area contributed by atoms with Gasteiger partial charge in [0.15, 0.2) is 6.04 Å².